The van der Waals surface area contributed by atoms with Crippen molar-refractivity contribution in [3.8, 4) is 0 Å². The molecule has 1 rings (SSSR count). The van der Waals surface area contributed by atoms with E-state index in [2.05, 4.69) is 5.32 Å². The Bertz CT molecular complexity index is 441. The lowest BCUT2D eigenvalue weighted by Crippen LogP contribution is -2.47. The predicted molar refractivity (Wildman–Crippen MR) is 73.7 cm³/mol. The van der Waals surface area contributed by atoms with Crippen molar-refractivity contribution in [2.24, 2.45) is 0 Å². The van der Waals surface area contributed by atoms with Crippen molar-refractivity contribution >= 4 is 21.9 Å². The summed E-state index contributed by atoms with van der Waals surface area (Å²) in [7, 11) is -3.50. The van der Waals surface area contributed by atoms with Gasteiger partial charge in [-0.15, -0.1) is 0 Å². The van der Waals surface area contributed by atoms with E-state index in [4.69, 9.17) is 5.11 Å². The fraction of sp³-hybridized carbons (Fsp3) is 0.833. The average molecular weight is 306 g/mol. The van der Waals surface area contributed by atoms with E-state index in [-0.39, 0.29) is 24.1 Å². The number of aliphatic carboxylic acids is 1. The minimum Gasteiger partial charge on any atom is -0.481 e. The average Bonchev–Trinajstić information content (AvgIpc) is 2.37. The molecule has 0 aliphatic carbocycles. The molecule has 0 aromatic carbocycles. The quantitative estimate of drug-likeness (QED) is 0.698. The first-order valence-corrected chi connectivity index (χ1v) is 8.45. The third-order valence-corrected chi connectivity index (χ3v) is 5.14. The van der Waals surface area contributed by atoms with Gasteiger partial charge in [0.25, 0.3) is 0 Å². The molecule has 1 amide bonds. The van der Waals surface area contributed by atoms with Crippen LogP contribution in [-0.2, 0) is 19.6 Å². The van der Waals surface area contributed by atoms with Crippen LogP contribution in [-0.4, -0.2) is 54.6 Å². The SMILES string of the molecule is CCCC(=O)NC1CCN(S(=O)(=O)CCC(=O)O)CC1. The van der Waals surface area contributed by atoms with Gasteiger partial charge in [0.15, 0.2) is 0 Å². The molecule has 7 nitrogen and oxygen atoms in total. The number of nitrogens with one attached hydrogen (secondary N) is 1. The van der Waals surface area contributed by atoms with Gasteiger partial charge in [0, 0.05) is 25.6 Å². The Hall–Kier alpha value is -1.15. The predicted octanol–water partition coefficient (Wildman–Crippen LogP) is 0.172. The summed E-state index contributed by atoms with van der Waals surface area (Å²) in [6, 6.07) is 0.0139. The molecule has 0 unspecified atom stereocenters. The number of carbonyl (C=O) groups excluding carboxylic acids is 1. The van der Waals surface area contributed by atoms with Crippen LogP contribution in [0.1, 0.15) is 39.0 Å². The summed E-state index contributed by atoms with van der Waals surface area (Å²) < 4.78 is 25.1. The van der Waals surface area contributed by atoms with Gasteiger partial charge in [-0.25, -0.2) is 12.7 Å². The number of sulfonamides is 1. The fourth-order valence-corrected chi connectivity index (χ4v) is 3.61. The van der Waals surface area contributed by atoms with E-state index in [0.717, 1.165) is 6.42 Å². The molecule has 0 aromatic heterocycles. The summed E-state index contributed by atoms with van der Waals surface area (Å²) in [6.45, 7) is 2.59. The van der Waals surface area contributed by atoms with Crippen LogP contribution in [0.4, 0.5) is 0 Å². The molecule has 20 heavy (non-hydrogen) atoms. The maximum absolute atomic E-state index is 11.9. The number of carboxylic acid groups (broad SMARTS) is 1. The highest BCUT2D eigenvalue weighted by Gasteiger charge is 2.28. The first-order chi connectivity index (χ1) is 9.35. The van der Waals surface area contributed by atoms with Gasteiger partial charge >= 0.3 is 5.97 Å². The number of piperidine rings is 1. The van der Waals surface area contributed by atoms with Crippen LogP contribution in [0.2, 0.25) is 0 Å². The zero-order chi connectivity index (χ0) is 15.2. The first-order valence-electron chi connectivity index (χ1n) is 6.84. The Morgan fingerprint density at radius 3 is 2.35 bits per heavy atom. The molecule has 1 saturated heterocycles. The Labute approximate surface area is 119 Å². The summed E-state index contributed by atoms with van der Waals surface area (Å²) in [5.41, 5.74) is 0. The van der Waals surface area contributed by atoms with Crippen molar-refractivity contribution in [2.75, 3.05) is 18.8 Å². The lowest BCUT2D eigenvalue weighted by Gasteiger charge is -2.31. The Morgan fingerprint density at radius 2 is 1.85 bits per heavy atom. The number of carbonyl (C=O) groups is 2. The van der Waals surface area contributed by atoms with Crippen LogP contribution >= 0.6 is 0 Å². The molecule has 8 heteroatoms. The van der Waals surface area contributed by atoms with E-state index in [0.29, 0.717) is 32.4 Å². The van der Waals surface area contributed by atoms with Crippen LogP contribution in [0.15, 0.2) is 0 Å². The monoisotopic (exact) mass is 306 g/mol. The molecule has 0 bridgehead atoms. The topological polar surface area (TPSA) is 104 Å². The summed E-state index contributed by atoms with van der Waals surface area (Å²) in [4.78, 5) is 21.9. The molecular weight excluding hydrogens is 284 g/mol. The van der Waals surface area contributed by atoms with E-state index >= 15 is 0 Å². The molecule has 1 fully saturated rings. The zero-order valence-electron chi connectivity index (χ0n) is 11.7. The number of amides is 1. The summed E-state index contributed by atoms with van der Waals surface area (Å²) in [5.74, 6) is -1.48. The van der Waals surface area contributed by atoms with Crippen LogP contribution in [0.3, 0.4) is 0 Å². The third kappa shape index (κ3) is 5.46. The summed E-state index contributed by atoms with van der Waals surface area (Å²) in [6.07, 6.45) is 2.03. The van der Waals surface area contributed by atoms with E-state index in [1.165, 1.54) is 4.31 Å². The van der Waals surface area contributed by atoms with Crippen molar-refractivity contribution in [3.63, 3.8) is 0 Å². The lowest BCUT2D eigenvalue weighted by molar-refractivity contribution is -0.136. The summed E-state index contributed by atoms with van der Waals surface area (Å²) >= 11 is 0. The Kier molecular flexibility index (Phi) is 6.41. The molecule has 0 atom stereocenters. The number of carboxylic acids is 1. The minimum absolute atomic E-state index is 0.000292. The van der Waals surface area contributed by atoms with Gasteiger partial charge in [-0.1, -0.05) is 6.92 Å². The second-order valence-corrected chi connectivity index (χ2v) is 7.04. The van der Waals surface area contributed by atoms with Gasteiger partial charge in [0.2, 0.25) is 15.9 Å². The molecule has 1 heterocycles. The molecule has 0 aromatic rings. The van der Waals surface area contributed by atoms with Crippen molar-refractivity contribution in [2.45, 2.75) is 45.1 Å². The second-order valence-electron chi connectivity index (χ2n) is 4.95. The Morgan fingerprint density at radius 1 is 1.25 bits per heavy atom. The standard InChI is InChI=1S/C12H22N2O5S/c1-2-3-11(15)13-10-4-7-14(8-5-10)20(18,19)9-6-12(16)17/h10H,2-9H2,1H3,(H,13,15)(H,16,17). The maximum atomic E-state index is 11.9. The normalized spacial score (nSPS) is 17.9. The highest BCUT2D eigenvalue weighted by atomic mass is 32.2. The van der Waals surface area contributed by atoms with Crippen LogP contribution in [0.25, 0.3) is 0 Å². The number of rotatable bonds is 7. The van der Waals surface area contributed by atoms with Gasteiger partial charge in [-0.05, 0) is 19.3 Å². The van der Waals surface area contributed by atoms with E-state index in [9.17, 15) is 18.0 Å². The van der Waals surface area contributed by atoms with Crippen molar-refractivity contribution in [1.29, 1.82) is 0 Å². The molecule has 1 aliphatic rings. The van der Waals surface area contributed by atoms with Gasteiger partial charge in [-0.2, -0.15) is 0 Å². The van der Waals surface area contributed by atoms with Gasteiger partial charge in [0.1, 0.15) is 0 Å². The highest BCUT2D eigenvalue weighted by molar-refractivity contribution is 7.89. The molecule has 1 aliphatic heterocycles. The van der Waals surface area contributed by atoms with E-state index < -0.39 is 16.0 Å². The molecule has 0 radical (unpaired) electrons. The van der Waals surface area contributed by atoms with Gasteiger partial charge < -0.3 is 10.4 Å². The zero-order valence-corrected chi connectivity index (χ0v) is 12.5. The van der Waals surface area contributed by atoms with Gasteiger partial charge in [0.05, 0.1) is 12.2 Å². The number of nitrogens with zero attached hydrogens (tertiary/aromatic N) is 1. The van der Waals surface area contributed by atoms with Crippen molar-refractivity contribution in [3.05, 3.63) is 0 Å². The molecule has 0 spiro atoms. The maximum Gasteiger partial charge on any atom is 0.304 e. The first kappa shape index (κ1) is 16.9. The molecule has 2 N–H and O–H groups in total. The smallest absolute Gasteiger partial charge is 0.304 e. The Balaban J connectivity index is 2.41. The second kappa shape index (κ2) is 7.58. The van der Waals surface area contributed by atoms with E-state index in [1.807, 2.05) is 6.92 Å². The summed E-state index contributed by atoms with van der Waals surface area (Å²) in [5, 5.41) is 11.4. The van der Waals surface area contributed by atoms with Crippen molar-refractivity contribution in [1.82, 2.24) is 9.62 Å². The largest absolute Gasteiger partial charge is 0.481 e. The highest BCUT2D eigenvalue weighted by Crippen LogP contribution is 2.15. The van der Waals surface area contributed by atoms with Crippen LogP contribution < -0.4 is 5.32 Å². The molecular formula is C12H22N2O5S. The molecule has 116 valence electrons. The fourth-order valence-electron chi connectivity index (χ4n) is 2.15. The van der Waals surface area contributed by atoms with Crippen LogP contribution in [0, 0.1) is 0 Å². The third-order valence-electron chi connectivity index (χ3n) is 3.26. The van der Waals surface area contributed by atoms with Crippen LogP contribution in [0.5, 0.6) is 0 Å². The molecule has 0 saturated carbocycles. The number of hydrogen-bond acceptors (Lipinski definition) is 4. The lowest BCUT2D eigenvalue weighted by atomic mass is 10.1. The van der Waals surface area contributed by atoms with Gasteiger partial charge in [-0.3, -0.25) is 9.59 Å². The number of hydrogen-bond donors (Lipinski definition) is 2. The minimum atomic E-state index is -3.50. The van der Waals surface area contributed by atoms with Crippen molar-refractivity contribution < 1.29 is 23.1 Å². The van der Waals surface area contributed by atoms with E-state index in [1.54, 1.807) is 0 Å².